The van der Waals surface area contributed by atoms with Gasteiger partial charge in [-0.3, -0.25) is 24.7 Å². The standard InChI is InChI=1S/C20H19BrN4O.C18H17BrN4/c1-13(26)25-20(2,3)19-10-14(15-8-16(21)12-22-11-15)9-18(24-19)17-6-4-5-7-23-17;1-3-23(2)18-10-13(14-8-15(19)12-20-11-14)9-17(22-18)16-6-4-5-7-21-16/h4-12H,1-3H3,(H,25,26);4-12H,3H2,1-2H3. The van der Waals surface area contributed by atoms with E-state index in [2.05, 4.69) is 87.1 Å². The zero-order valence-corrected chi connectivity index (χ0v) is 31.1. The van der Waals surface area contributed by atoms with E-state index in [0.29, 0.717) is 0 Å². The van der Waals surface area contributed by atoms with Crippen molar-refractivity contribution < 1.29 is 4.79 Å². The van der Waals surface area contributed by atoms with Gasteiger partial charge in [-0.05, 0) is 124 Å². The monoisotopic (exact) mass is 778 g/mol. The molecule has 0 aliphatic rings. The normalized spacial score (nSPS) is 10.9. The number of halogens is 2. The third-order valence-electron chi connectivity index (χ3n) is 7.56. The van der Waals surface area contributed by atoms with Crippen LogP contribution in [-0.4, -0.2) is 49.4 Å². The molecule has 248 valence electrons. The molecule has 0 aromatic carbocycles. The fraction of sp³-hybridized carbons (Fsp3) is 0.184. The first-order chi connectivity index (χ1) is 23.5. The van der Waals surface area contributed by atoms with Gasteiger partial charge in [0.15, 0.2) is 0 Å². The fourth-order valence-corrected chi connectivity index (χ4v) is 5.72. The number of aromatic nitrogens is 6. The lowest BCUT2D eigenvalue weighted by Gasteiger charge is -2.26. The smallest absolute Gasteiger partial charge is 0.217 e. The molecule has 6 heterocycles. The lowest BCUT2D eigenvalue weighted by Crippen LogP contribution is -2.40. The minimum absolute atomic E-state index is 0.106. The molecular formula is C38H36Br2N8O. The van der Waals surface area contributed by atoms with Crippen LogP contribution in [0.25, 0.3) is 45.0 Å². The second kappa shape index (κ2) is 16.0. The Balaban J connectivity index is 0.000000192. The summed E-state index contributed by atoms with van der Waals surface area (Å²) in [5.41, 5.74) is 7.42. The third-order valence-corrected chi connectivity index (χ3v) is 8.43. The van der Waals surface area contributed by atoms with Gasteiger partial charge in [0.1, 0.15) is 5.82 Å². The Morgan fingerprint density at radius 1 is 0.714 bits per heavy atom. The number of hydrogen-bond acceptors (Lipinski definition) is 8. The summed E-state index contributed by atoms with van der Waals surface area (Å²) in [7, 11) is 2.04. The molecule has 1 amide bonds. The number of nitrogens with zero attached hydrogens (tertiary/aromatic N) is 7. The number of nitrogens with one attached hydrogen (secondary N) is 1. The summed E-state index contributed by atoms with van der Waals surface area (Å²) in [5, 5.41) is 2.96. The minimum atomic E-state index is -0.620. The number of amides is 1. The van der Waals surface area contributed by atoms with E-state index in [4.69, 9.17) is 9.97 Å². The zero-order chi connectivity index (χ0) is 35.0. The molecule has 9 nitrogen and oxygen atoms in total. The molecule has 0 saturated heterocycles. The molecular weight excluding hydrogens is 744 g/mol. The van der Waals surface area contributed by atoms with Crippen molar-refractivity contribution in [1.29, 1.82) is 0 Å². The van der Waals surface area contributed by atoms with E-state index in [1.807, 2.05) is 81.7 Å². The summed E-state index contributed by atoms with van der Waals surface area (Å²) in [6, 6.07) is 23.7. The molecule has 0 spiro atoms. The van der Waals surface area contributed by atoms with E-state index in [-0.39, 0.29) is 5.91 Å². The van der Waals surface area contributed by atoms with Crippen LogP contribution in [0, 0.1) is 0 Å². The molecule has 0 bridgehead atoms. The summed E-state index contributed by atoms with van der Waals surface area (Å²) < 4.78 is 1.85. The molecule has 49 heavy (non-hydrogen) atoms. The predicted octanol–water partition coefficient (Wildman–Crippen LogP) is 8.76. The fourth-order valence-electron chi connectivity index (χ4n) is 4.99. The summed E-state index contributed by atoms with van der Waals surface area (Å²) in [5.74, 6) is 0.816. The van der Waals surface area contributed by atoms with Gasteiger partial charge in [-0.1, -0.05) is 12.1 Å². The Morgan fingerprint density at radius 2 is 1.24 bits per heavy atom. The topological polar surface area (TPSA) is 110 Å². The van der Waals surface area contributed by atoms with Crippen LogP contribution in [0.4, 0.5) is 5.82 Å². The highest BCUT2D eigenvalue weighted by Crippen LogP contribution is 2.31. The first-order valence-corrected chi connectivity index (χ1v) is 17.2. The number of hydrogen-bond donors (Lipinski definition) is 1. The van der Waals surface area contributed by atoms with Crippen LogP contribution in [-0.2, 0) is 10.3 Å². The number of rotatable bonds is 8. The second-order valence-corrected chi connectivity index (χ2v) is 13.6. The van der Waals surface area contributed by atoms with Gasteiger partial charge < -0.3 is 10.2 Å². The molecule has 0 atom stereocenters. The van der Waals surface area contributed by atoms with Crippen molar-refractivity contribution in [2.45, 2.75) is 33.2 Å². The molecule has 0 saturated carbocycles. The predicted molar refractivity (Wildman–Crippen MR) is 203 cm³/mol. The molecule has 0 unspecified atom stereocenters. The maximum Gasteiger partial charge on any atom is 0.217 e. The van der Waals surface area contributed by atoms with Crippen LogP contribution in [0.5, 0.6) is 0 Å². The van der Waals surface area contributed by atoms with E-state index in [1.54, 1.807) is 31.0 Å². The van der Waals surface area contributed by atoms with Crippen molar-refractivity contribution in [3.63, 3.8) is 0 Å². The molecule has 0 fully saturated rings. The van der Waals surface area contributed by atoms with Crippen molar-refractivity contribution in [2.24, 2.45) is 0 Å². The van der Waals surface area contributed by atoms with E-state index in [0.717, 1.165) is 72.0 Å². The number of pyridine rings is 6. The Kier molecular flexibility index (Phi) is 11.6. The van der Waals surface area contributed by atoms with E-state index in [9.17, 15) is 4.79 Å². The Labute approximate surface area is 303 Å². The van der Waals surface area contributed by atoms with Gasteiger partial charge in [0.2, 0.25) is 5.91 Å². The van der Waals surface area contributed by atoms with E-state index < -0.39 is 5.54 Å². The minimum Gasteiger partial charge on any atom is -0.360 e. The molecule has 0 aliphatic heterocycles. The van der Waals surface area contributed by atoms with Crippen molar-refractivity contribution >= 4 is 43.6 Å². The average molecular weight is 781 g/mol. The van der Waals surface area contributed by atoms with Crippen LogP contribution < -0.4 is 10.2 Å². The Hall–Kier alpha value is -4.87. The number of carbonyl (C=O) groups excluding carboxylic acids is 1. The van der Waals surface area contributed by atoms with E-state index >= 15 is 0 Å². The summed E-state index contributed by atoms with van der Waals surface area (Å²) in [6.45, 7) is 8.36. The van der Waals surface area contributed by atoms with Crippen molar-refractivity contribution in [1.82, 2.24) is 35.2 Å². The quantitative estimate of drug-likeness (QED) is 0.163. The second-order valence-electron chi connectivity index (χ2n) is 11.8. The Morgan fingerprint density at radius 3 is 1.71 bits per heavy atom. The maximum atomic E-state index is 11.6. The highest BCUT2D eigenvalue weighted by Gasteiger charge is 2.25. The van der Waals surface area contributed by atoms with Gasteiger partial charge >= 0.3 is 0 Å². The van der Waals surface area contributed by atoms with Crippen molar-refractivity contribution in [3.8, 4) is 45.0 Å². The number of anilines is 1. The maximum absolute atomic E-state index is 11.6. The van der Waals surface area contributed by atoms with Gasteiger partial charge in [0.25, 0.3) is 0 Å². The van der Waals surface area contributed by atoms with Gasteiger partial charge in [-0.15, -0.1) is 0 Å². The molecule has 6 aromatic rings. The van der Waals surface area contributed by atoms with E-state index in [1.165, 1.54) is 6.92 Å². The van der Waals surface area contributed by atoms with Crippen molar-refractivity contribution in [3.05, 3.63) is 125 Å². The molecule has 11 heteroatoms. The SMILES string of the molecule is CC(=O)NC(C)(C)c1cc(-c2cncc(Br)c2)cc(-c2ccccn2)n1.CCN(C)c1cc(-c2cncc(Br)c2)cc(-c2ccccn2)n1. The lowest BCUT2D eigenvalue weighted by molar-refractivity contribution is -0.120. The average Bonchev–Trinajstić information content (AvgIpc) is 3.11. The summed E-state index contributed by atoms with van der Waals surface area (Å²) in [4.78, 5) is 40.6. The summed E-state index contributed by atoms with van der Waals surface area (Å²) in [6.07, 6.45) is 10.7. The van der Waals surface area contributed by atoms with Crippen LogP contribution in [0.3, 0.4) is 0 Å². The Bertz CT molecular complexity index is 2040. The molecule has 6 aromatic heterocycles. The van der Waals surface area contributed by atoms with Gasteiger partial charge in [-0.25, -0.2) is 9.97 Å². The highest BCUT2D eigenvalue weighted by molar-refractivity contribution is 9.10. The van der Waals surface area contributed by atoms with Gasteiger partial charge in [-0.2, -0.15) is 0 Å². The van der Waals surface area contributed by atoms with Crippen LogP contribution >= 0.6 is 31.9 Å². The zero-order valence-electron chi connectivity index (χ0n) is 27.9. The van der Waals surface area contributed by atoms with Crippen molar-refractivity contribution in [2.75, 3.05) is 18.5 Å². The van der Waals surface area contributed by atoms with Gasteiger partial charge in [0.05, 0.1) is 34.0 Å². The van der Waals surface area contributed by atoms with Crippen LogP contribution in [0.15, 0.2) is 119 Å². The molecule has 0 radical (unpaired) electrons. The molecule has 6 rings (SSSR count). The van der Waals surface area contributed by atoms with Gasteiger partial charge in [0, 0.05) is 77.8 Å². The largest absolute Gasteiger partial charge is 0.360 e. The molecule has 1 N–H and O–H groups in total. The van der Waals surface area contributed by atoms with Crippen LogP contribution in [0.2, 0.25) is 0 Å². The highest BCUT2D eigenvalue weighted by atomic mass is 79.9. The summed E-state index contributed by atoms with van der Waals surface area (Å²) >= 11 is 6.95. The third kappa shape index (κ3) is 9.39. The number of carbonyl (C=O) groups is 1. The first kappa shape index (κ1) is 35.4. The first-order valence-electron chi connectivity index (χ1n) is 15.6. The van der Waals surface area contributed by atoms with Crippen LogP contribution in [0.1, 0.15) is 33.4 Å². The lowest BCUT2D eigenvalue weighted by atomic mass is 9.95. The molecule has 0 aliphatic carbocycles.